The Morgan fingerprint density at radius 3 is 2.58 bits per heavy atom. The number of rotatable bonds is 3. The summed E-state index contributed by atoms with van der Waals surface area (Å²) in [5.41, 5.74) is 1.09. The highest BCUT2D eigenvalue weighted by molar-refractivity contribution is 5.83. The molecule has 4 unspecified atom stereocenters. The Hall–Kier alpha value is -1.46. The van der Waals surface area contributed by atoms with E-state index in [1.807, 2.05) is 12.1 Å². The summed E-state index contributed by atoms with van der Waals surface area (Å²) in [7, 11) is 0. The molecule has 0 aromatic heterocycles. The lowest BCUT2D eigenvalue weighted by Crippen LogP contribution is -2.47. The monoisotopic (exact) mass is 332 g/mol. The quantitative estimate of drug-likeness (QED) is 0.850. The van der Waals surface area contributed by atoms with E-state index in [4.69, 9.17) is 4.74 Å². The molecular formula is C19H25FN2O2. The molecule has 1 saturated carbocycles. The van der Waals surface area contributed by atoms with Crippen LogP contribution < -0.4 is 0 Å². The smallest absolute Gasteiger partial charge is 0.226 e. The molecule has 4 rings (SSSR count). The molecule has 1 aliphatic carbocycles. The van der Waals surface area contributed by atoms with E-state index in [-0.39, 0.29) is 23.6 Å². The Labute approximate surface area is 142 Å². The van der Waals surface area contributed by atoms with Crippen LogP contribution in [0.25, 0.3) is 0 Å². The molecule has 4 atom stereocenters. The van der Waals surface area contributed by atoms with Crippen LogP contribution in [0.1, 0.15) is 24.8 Å². The molecule has 2 heterocycles. The predicted octanol–water partition coefficient (Wildman–Crippen LogP) is 2.11. The first-order valence-electron chi connectivity index (χ1n) is 8.99. The number of benzene rings is 1. The second kappa shape index (κ2) is 6.45. The largest absolute Gasteiger partial charge is 0.379 e. The zero-order valence-electron chi connectivity index (χ0n) is 14.2. The first kappa shape index (κ1) is 16.0. The van der Waals surface area contributed by atoms with Crippen LogP contribution in [-0.4, -0.2) is 61.1 Å². The normalized spacial score (nSPS) is 33.7. The Bertz CT molecular complexity index is 600. The first-order chi connectivity index (χ1) is 11.6. The van der Waals surface area contributed by atoms with E-state index in [1.54, 1.807) is 0 Å². The highest BCUT2D eigenvalue weighted by atomic mass is 19.1. The molecule has 3 aliphatic rings. The van der Waals surface area contributed by atoms with Crippen LogP contribution in [0.5, 0.6) is 0 Å². The number of ether oxygens (including phenoxy) is 1. The summed E-state index contributed by atoms with van der Waals surface area (Å²) >= 11 is 0. The molecule has 2 aliphatic heterocycles. The van der Waals surface area contributed by atoms with Gasteiger partial charge in [0.1, 0.15) is 5.82 Å². The van der Waals surface area contributed by atoms with E-state index >= 15 is 0 Å². The van der Waals surface area contributed by atoms with Crippen LogP contribution in [0.3, 0.4) is 0 Å². The summed E-state index contributed by atoms with van der Waals surface area (Å²) < 4.78 is 18.5. The first-order valence-corrected chi connectivity index (χ1v) is 8.99. The van der Waals surface area contributed by atoms with Crippen LogP contribution in [-0.2, 0) is 9.53 Å². The van der Waals surface area contributed by atoms with Crippen molar-refractivity contribution in [1.29, 1.82) is 0 Å². The van der Waals surface area contributed by atoms with Crippen molar-refractivity contribution in [3.05, 3.63) is 35.6 Å². The minimum absolute atomic E-state index is 0.0890. The minimum Gasteiger partial charge on any atom is -0.379 e. The van der Waals surface area contributed by atoms with E-state index in [0.29, 0.717) is 12.0 Å². The number of carbonyl (C=O) groups excluding carboxylic acids is 1. The molecule has 0 N–H and O–H groups in total. The lowest BCUT2D eigenvalue weighted by molar-refractivity contribution is -0.131. The van der Waals surface area contributed by atoms with Gasteiger partial charge >= 0.3 is 0 Å². The lowest BCUT2D eigenvalue weighted by atomic mass is 10.0. The molecule has 1 amide bonds. The zero-order chi connectivity index (χ0) is 16.7. The average Bonchev–Trinajstić information content (AvgIpc) is 3.31. The number of hydrogen-bond donors (Lipinski definition) is 0. The number of hydrogen-bond acceptors (Lipinski definition) is 3. The van der Waals surface area contributed by atoms with E-state index in [1.165, 1.54) is 12.1 Å². The van der Waals surface area contributed by atoms with Crippen molar-refractivity contribution in [2.24, 2.45) is 11.8 Å². The molecular weight excluding hydrogens is 307 g/mol. The molecule has 130 valence electrons. The van der Waals surface area contributed by atoms with Gasteiger partial charge in [-0.3, -0.25) is 9.69 Å². The molecule has 3 fully saturated rings. The Morgan fingerprint density at radius 2 is 1.88 bits per heavy atom. The van der Waals surface area contributed by atoms with Crippen LogP contribution >= 0.6 is 0 Å². The second-order valence-corrected chi connectivity index (χ2v) is 7.44. The third-order valence-electron chi connectivity index (χ3n) is 5.80. The van der Waals surface area contributed by atoms with Crippen molar-refractivity contribution < 1.29 is 13.9 Å². The zero-order valence-corrected chi connectivity index (χ0v) is 14.2. The summed E-state index contributed by atoms with van der Waals surface area (Å²) in [4.78, 5) is 17.4. The van der Waals surface area contributed by atoms with Crippen LogP contribution in [0.15, 0.2) is 24.3 Å². The van der Waals surface area contributed by atoms with E-state index in [9.17, 15) is 9.18 Å². The van der Waals surface area contributed by atoms with Crippen LogP contribution in [0.4, 0.5) is 4.39 Å². The molecule has 1 aromatic carbocycles. The van der Waals surface area contributed by atoms with Crippen molar-refractivity contribution in [1.82, 2.24) is 9.80 Å². The highest BCUT2D eigenvalue weighted by Gasteiger charge is 2.48. The lowest BCUT2D eigenvalue weighted by Gasteiger charge is -2.34. The van der Waals surface area contributed by atoms with Gasteiger partial charge in [0.05, 0.1) is 13.2 Å². The fraction of sp³-hybridized carbons (Fsp3) is 0.632. The van der Waals surface area contributed by atoms with Crippen LogP contribution in [0.2, 0.25) is 0 Å². The number of amides is 1. The van der Waals surface area contributed by atoms with Crippen molar-refractivity contribution in [3.63, 3.8) is 0 Å². The van der Waals surface area contributed by atoms with Gasteiger partial charge in [-0.1, -0.05) is 19.1 Å². The van der Waals surface area contributed by atoms with E-state index < -0.39 is 0 Å². The van der Waals surface area contributed by atoms with Gasteiger partial charge in [0.25, 0.3) is 0 Å². The third kappa shape index (κ3) is 3.07. The molecule has 5 heteroatoms. The van der Waals surface area contributed by atoms with Gasteiger partial charge in [-0.05, 0) is 36.0 Å². The van der Waals surface area contributed by atoms with Crippen molar-refractivity contribution in [2.75, 3.05) is 39.4 Å². The summed E-state index contributed by atoms with van der Waals surface area (Å²) in [6, 6.07) is 7.07. The summed E-state index contributed by atoms with van der Waals surface area (Å²) in [5.74, 6) is 0.938. The van der Waals surface area contributed by atoms with Crippen molar-refractivity contribution in [2.45, 2.75) is 25.3 Å². The number of halogens is 1. The van der Waals surface area contributed by atoms with Gasteiger partial charge in [-0.2, -0.15) is 0 Å². The van der Waals surface area contributed by atoms with Gasteiger partial charge in [0.15, 0.2) is 0 Å². The molecule has 0 bridgehead atoms. The third-order valence-corrected chi connectivity index (χ3v) is 5.80. The van der Waals surface area contributed by atoms with Crippen LogP contribution in [0, 0.1) is 17.7 Å². The van der Waals surface area contributed by atoms with Gasteiger partial charge in [0, 0.05) is 38.1 Å². The maximum atomic E-state index is 13.0. The molecule has 2 saturated heterocycles. The Balaban J connectivity index is 1.36. The highest BCUT2D eigenvalue weighted by Crippen LogP contribution is 2.49. The fourth-order valence-corrected chi connectivity index (χ4v) is 4.29. The van der Waals surface area contributed by atoms with Crippen molar-refractivity contribution >= 4 is 5.91 Å². The standard InChI is InChI=1S/C19H25FN2O2/c1-13-11-22(12-18(13)21-6-8-24-9-7-21)19(23)17-10-16(17)14-2-4-15(20)5-3-14/h2-5,13,16-18H,6-12H2,1H3. The Kier molecular flexibility index (Phi) is 4.31. The summed E-state index contributed by atoms with van der Waals surface area (Å²) in [5, 5.41) is 0. The number of carbonyl (C=O) groups is 1. The molecule has 4 nitrogen and oxygen atoms in total. The fourth-order valence-electron chi connectivity index (χ4n) is 4.29. The SMILES string of the molecule is CC1CN(C(=O)C2CC2c2ccc(F)cc2)CC1N1CCOCC1. The van der Waals surface area contributed by atoms with E-state index in [2.05, 4.69) is 16.7 Å². The van der Waals surface area contributed by atoms with E-state index in [0.717, 1.165) is 51.4 Å². The van der Waals surface area contributed by atoms with Gasteiger partial charge < -0.3 is 9.64 Å². The number of nitrogens with zero attached hydrogens (tertiary/aromatic N) is 2. The summed E-state index contributed by atoms with van der Waals surface area (Å²) in [6.07, 6.45) is 0.900. The number of morpholine rings is 1. The Morgan fingerprint density at radius 1 is 1.17 bits per heavy atom. The molecule has 1 aromatic rings. The molecule has 0 spiro atoms. The maximum Gasteiger partial charge on any atom is 0.226 e. The summed E-state index contributed by atoms with van der Waals surface area (Å²) in [6.45, 7) is 7.48. The molecule has 0 radical (unpaired) electrons. The average molecular weight is 332 g/mol. The molecule has 24 heavy (non-hydrogen) atoms. The van der Waals surface area contributed by atoms with Gasteiger partial charge in [-0.25, -0.2) is 4.39 Å². The predicted molar refractivity (Wildman–Crippen MR) is 89.2 cm³/mol. The maximum absolute atomic E-state index is 13.0. The topological polar surface area (TPSA) is 32.8 Å². The van der Waals surface area contributed by atoms with Gasteiger partial charge in [0.2, 0.25) is 5.91 Å². The number of likely N-dealkylation sites (tertiary alicyclic amines) is 1. The minimum atomic E-state index is -0.219. The second-order valence-electron chi connectivity index (χ2n) is 7.44. The van der Waals surface area contributed by atoms with Gasteiger partial charge in [-0.15, -0.1) is 0 Å². The van der Waals surface area contributed by atoms with Crippen molar-refractivity contribution in [3.8, 4) is 0 Å².